The molecule has 1 aromatic carbocycles. The third-order valence-electron chi connectivity index (χ3n) is 2.72. The van der Waals surface area contributed by atoms with Crippen molar-refractivity contribution in [3.63, 3.8) is 0 Å². The van der Waals surface area contributed by atoms with E-state index in [1.807, 2.05) is 24.3 Å². The van der Waals surface area contributed by atoms with Crippen LogP contribution in [0.2, 0.25) is 0 Å². The molecule has 0 saturated heterocycles. The lowest BCUT2D eigenvalue weighted by Gasteiger charge is -2.00. The van der Waals surface area contributed by atoms with Crippen molar-refractivity contribution < 1.29 is 14.3 Å². The van der Waals surface area contributed by atoms with E-state index < -0.39 is 5.97 Å². The topological polar surface area (TPSA) is 64.2 Å². The lowest BCUT2D eigenvalue weighted by molar-refractivity contribution is 0.0519. The summed E-state index contributed by atoms with van der Waals surface area (Å²) >= 11 is 0. The Bertz CT molecular complexity index is 573. The highest BCUT2D eigenvalue weighted by Gasteiger charge is 2.16. The zero-order valence-electron chi connectivity index (χ0n) is 11.2. The van der Waals surface area contributed by atoms with Crippen molar-refractivity contribution in [3.05, 3.63) is 35.7 Å². The number of imidazole rings is 1. The van der Waals surface area contributed by atoms with E-state index in [4.69, 9.17) is 9.47 Å². The van der Waals surface area contributed by atoms with Gasteiger partial charge < -0.3 is 14.5 Å². The normalized spacial score (nSPS) is 10.3. The number of aromatic nitrogens is 2. The van der Waals surface area contributed by atoms with Crippen molar-refractivity contribution in [2.75, 3.05) is 13.7 Å². The predicted octanol–water partition coefficient (Wildman–Crippen LogP) is 2.57. The number of carbonyl (C=O) groups excluding carboxylic acids is 1. The predicted molar refractivity (Wildman–Crippen MR) is 71.3 cm³/mol. The number of aromatic amines is 1. The van der Waals surface area contributed by atoms with E-state index in [9.17, 15) is 4.79 Å². The molecule has 5 nitrogen and oxygen atoms in total. The summed E-state index contributed by atoms with van der Waals surface area (Å²) in [6, 6.07) is 7.45. The maximum atomic E-state index is 11.7. The molecule has 0 aliphatic heterocycles. The van der Waals surface area contributed by atoms with Gasteiger partial charge in [0.15, 0.2) is 5.69 Å². The fourth-order valence-corrected chi connectivity index (χ4v) is 1.74. The number of H-pyrrole nitrogens is 1. The molecule has 1 heterocycles. The first kappa shape index (κ1) is 13.1. The zero-order valence-corrected chi connectivity index (χ0v) is 11.2. The van der Waals surface area contributed by atoms with Gasteiger partial charge in [-0.2, -0.15) is 0 Å². The molecule has 0 spiro atoms. The largest absolute Gasteiger partial charge is 0.497 e. The number of rotatable bonds is 4. The zero-order chi connectivity index (χ0) is 13.8. The number of aryl methyl sites for hydroxylation is 1. The molecule has 0 radical (unpaired) electrons. The monoisotopic (exact) mass is 260 g/mol. The average Bonchev–Trinajstić information content (AvgIpc) is 2.81. The van der Waals surface area contributed by atoms with Crippen LogP contribution in [0.15, 0.2) is 24.3 Å². The molecule has 2 aromatic rings. The quantitative estimate of drug-likeness (QED) is 0.858. The van der Waals surface area contributed by atoms with Gasteiger partial charge in [0.05, 0.1) is 13.7 Å². The molecule has 0 unspecified atom stereocenters. The summed E-state index contributed by atoms with van der Waals surface area (Å²) < 4.78 is 10.1. The maximum Gasteiger partial charge on any atom is 0.358 e. The average molecular weight is 260 g/mol. The standard InChI is InChI=1S/C14H16N2O3/c1-4-19-14(17)12-9(2)15-13(16-12)10-5-7-11(18-3)8-6-10/h5-8H,4H2,1-3H3,(H,15,16). The van der Waals surface area contributed by atoms with E-state index in [-0.39, 0.29) is 0 Å². The summed E-state index contributed by atoms with van der Waals surface area (Å²) in [7, 11) is 1.62. The molecule has 0 aliphatic carbocycles. The Morgan fingerprint density at radius 2 is 2.00 bits per heavy atom. The number of ether oxygens (including phenoxy) is 2. The number of nitrogens with one attached hydrogen (secondary N) is 1. The Kier molecular flexibility index (Phi) is 3.85. The van der Waals surface area contributed by atoms with Crippen molar-refractivity contribution in [2.45, 2.75) is 13.8 Å². The second kappa shape index (κ2) is 5.56. The van der Waals surface area contributed by atoms with Crippen LogP contribution in [0.4, 0.5) is 0 Å². The van der Waals surface area contributed by atoms with Gasteiger partial charge >= 0.3 is 5.97 Å². The number of methoxy groups -OCH3 is 1. The van der Waals surface area contributed by atoms with E-state index in [0.29, 0.717) is 23.8 Å². The lowest BCUT2D eigenvalue weighted by Crippen LogP contribution is -2.06. The fourth-order valence-electron chi connectivity index (χ4n) is 1.74. The Balaban J connectivity index is 2.30. The van der Waals surface area contributed by atoms with Gasteiger partial charge in [-0.25, -0.2) is 9.78 Å². The minimum atomic E-state index is -0.406. The molecule has 0 fully saturated rings. The van der Waals surface area contributed by atoms with Gasteiger partial charge in [0.2, 0.25) is 0 Å². The van der Waals surface area contributed by atoms with Gasteiger partial charge in [-0.15, -0.1) is 0 Å². The first-order valence-corrected chi connectivity index (χ1v) is 6.03. The third-order valence-corrected chi connectivity index (χ3v) is 2.72. The van der Waals surface area contributed by atoms with Crippen LogP contribution in [0, 0.1) is 6.92 Å². The first-order chi connectivity index (χ1) is 9.15. The van der Waals surface area contributed by atoms with E-state index in [1.54, 1.807) is 21.0 Å². The van der Waals surface area contributed by atoms with Crippen LogP contribution in [-0.2, 0) is 4.74 Å². The Hall–Kier alpha value is -2.30. The molecule has 5 heteroatoms. The molecule has 0 aliphatic rings. The smallest absolute Gasteiger partial charge is 0.358 e. The van der Waals surface area contributed by atoms with Crippen molar-refractivity contribution >= 4 is 5.97 Å². The van der Waals surface area contributed by atoms with Gasteiger partial charge in [0, 0.05) is 11.3 Å². The van der Waals surface area contributed by atoms with Gasteiger partial charge in [-0.1, -0.05) is 0 Å². The molecule has 0 saturated carbocycles. The highest BCUT2D eigenvalue weighted by Crippen LogP contribution is 2.21. The molecule has 0 atom stereocenters. The number of hydrogen-bond donors (Lipinski definition) is 1. The molecule has 19 heavy (non-hydrogen) atoms. The van der Waals surface area contributed by atoms with Gasteiger partial charge in [-0.05, 0) is 38.1 Å². The highest BCUT2D eigenvalue weighted by molar-refractivity contribution is 5.89. The van der Waals surface area contributed by atoms with Crippen molar-refractivity contribution in [1.29, 1.82) is 0 Å². The van der Waals surface area contributed by atoms with E-state index in [1.165, 1.54) is 0 Å². The fraction of sp³-hybridized carbons (Fsp3) is 0.286. The highest BCUT2D eigenvalue weighted by atomic mass is 16.5. The summed E-state index contributed by atoms with van der Waals surface area (Å²) in [6.45, 7) is 3.90. The molecule has 0 bridgehead atoms. The van der Waals surface area contributed by atoms with Crippen LogP contribution in [0.5, 0.6) is 5.75 Å². The van der Waals surface area contributed by atoms with Crippen LogP contribution in [0.1, 0.15) is 23.1 Å². The van der Waals surface area contributed by atoms with Crippen LogP contribution in [0.3, 0.4) is 0 Å². The number of benzene rings is 1. The van der Waals surface area contributed by atoms with Crippen LogP contribution in [0.25, 0.3) is 11.4 Å². The minimum Gasteiger partial charge on any atom is -0.497 e. The number of hydrogen-bond acceptors (Lipinski definition) is 4. The molecule has 1 aromatic heterocycles. The SMILES string of the molecule is CCOC(=O)c1nc(-c2ccc(OC)cc2)[nH]c1C. The number of carbonyl (C=O) groups is 1. The second-order valence-electron chi connectivity index (χ2n) is 4.01. The first-order valence-electron chi connectivity index (χ1n) is 6.03. The molecule has 0 amide bonds. The van der Waals surface area contributed by atoms with Gasteiger partial charge in [0.25, 0.3) is 0 Å². The second-order valence-corrected chi connectivity index (χ2v) is 4.01. The molecular weight excluding hydrogens is 244 g/mol. The van der Waals surface area contributed by atoms with Crippen LogP contribution in [-0.4, -0.2) is 29.7 Å². The number of esters is 1. The minimum absolute atomic E-state index is 0.327. The molecule has 2 rings (SSSR count). The Morgan fingerprint density at radius 1 is 1.32 bits per heavy atom. The Morgan fingerprint density at radius 3 is 2.58 bits per heavy atom. The van der Waals surface area contributed by atoms with Crippen molar-refractivity contribution in [1.82, 2.24) is 9.97 Å². The summed E-state index contributed by atoms with van der Waals surface area (Å²) in [5, 5.41) is 0. The third kappa shape index (κ3) is 2.76. The lowest BCUT2D eigenvalue weighted by atomic mass is 10.2. The molecule has 1 N–H and O–H groups in total. The summed E-state index contributed by atoms with van der Waals surface area (Å²) in [6.07, 6.45) is 0. The Labute approximate surface area is 111 Å². The molecule has 100 valence electrons. The number of nitrogens with zero attached hydrogens (tertiary/aromatic N) is 1. The summed E-state index contributed by atoms with van der Waals surface area (Å²) in [5.41, 5.74) is 1.91. The van der Waals surface area contributed by atoms with Crippen LogP contribution >= 0.6 is 0 Å². The summed E-state index contributed by atoms with van der Waals surface area (Å²) in [4.78, 5) is 19.1. The van der Waals surface area contributed by atoms with Gasteiger partial charge in [0.1, 0.15) is 11.6 Å². The summed E-state index contributed by atoms with van der Waals surface area (Å²) in [5.74, 6) is 1.01. The van der Waals surface area contributed by atoms with E-state index >= 15 is 0 Å². The van der Waals surface area contributed by atoms with E-state index in [2.05, 4.69) is 9.97 Å². The van der Waals surface area contributed by atoms with E-state index in [0.717, 1.165) is 11.3 Å². The van der Waals surface area contributed by atoms with Crippen molar-refractivity contribution in [3.8, 4) is 17.1 Å². The van der Waals surface area contributed by atoms with Gasteiger partial charge in [-0.3, -0.25) is 0 Å². The van der Waals surface area contributed by atoms with Crippen molar-refractivity contribution in [2.24, 2.45) is 0 Å². The maximum absolute atomic E-state index is 11.7. The van der Waals surface area contributed by atoms with Crippen LogP contribution < -0.4 is 4.74 Å². The molecular formula is C14H16N2O3.